The fourth-order valence-corrected chi connectivity index (χ4v) is 2.19. The van der Waals surface area contributed by atoms with Gasteiger partial charge >= 0.3 is 0 Å². The summed E-state index contributed by atoms with van der Waals surface area (Å²) in [7, 11) is 0. The Morgan fingerprint density at radius 3 is 2.93 bits per heavy atom. The lowest BCUT2D eigenvalue weighted by molar-refractivity contribution is 0.0711. The van der Waals surface area contributed by atoms with Gasteiger partial charge in [-0.3, -0.25) is 0 Å². The molecule has 0 radical (unpaired) electrons. The van der Waals surface area contributed by atoms with E-state index >= 15 is 0 Å². The van der Waals surface area contributed by atoms with E-state index in [4.69, 9.17) is 4.74 Å². The minimum Gasteiger partial charge on any atom is -0.379 e. The summed E-state index contributed by atoms with van der Waals surface area (Å²) >= 11 is 0. The highest BCUT2D eigenvalue weighted by Gasteiger charge is 2.33. The minimum absolute atomic E-state index is 0.556. The second-order valence-corrected chi connectivity index (χ2v) is 4.85. The van der Waals surface area contributed by atoms with Crippen molar-refractivity contribution in [1.82, 2.24) is 10.6 Å². The van der Waals surface area contributed by atoms with Crippen molar-refractivity contribution in [2.24, 2.45) is 5.92 Å². The summed E-state index contributed by atoms with van der Waals surface area (Å²) in [5, 5.41) is 7.15. The van der Waals surface area contributed by atoms with Crippen LogP contribution in [0, 0.1) is 5.92 Å². The first kappa shape index (κ1) is 10.4. The summed E-state index contributed by atoms with van der Waals surface area (Å²) in [5.41, 5.74) is 0. The smallest absolute Gasteiger partial charge is 0.0620 e. The van der Waals surface area contributed by atoms with Crippen molar-refractivity contribution >= 4 is 0 Å². The van der Waals surface area contributed by atoms with Gasteiger partial charge in [0.15, 0.2) is 0 Å². The summed E-state index contributed by atoms with van der Waals surface area (Å²) in [6.45, 7) is 7.36. The Bertz CT molecular complexity index is 180. The highest BCUT2D eigenvalue weighted by atomic mass is 16.5. The molecule has 0 aromatic carbocycles. The van der Waals surface area contributed by atoms with Gasteiger partial charge < -0.3 is 15.4 Å². The average molecular weight is 198 g/mol. The molecule has 1 aliphatic carbocycles. The van der Waals surface area contributed by atoms with Crippen LogP contribution in [0.25, 0.3) is 0 Å². The maximum absolute atomic E-state index is 5.43. The number of hydrogen-bond acceptors (Lipinski definition) is 3. The van der Waals surface area contributed by atoms with Crippen LogP contribution in [-0.2, 0) is 4.74 Å². The van der Waals surface area contributed by atoms with Crippen molar-refractivity contribution in [3.8, 4) is 0 Å². The molecular weight excluding hydrogens is 176 g/mol. The summed E-state index contributed by atoms with van der Waals surface area (Å²) in [5.74, 6) is 0.896. The maximum atomic E-state index is 5.43. The van der Waals surface area contributed by atoms with Crippen LogP contribution in [0.4, 0.5) is 0 Å². The number of ether oxygens (including phenoxy) is 1. The highest BCUT2D eigenvalue weighted by molar-refractivity contribution is 4.92. The largest absolute Gasteiger partial charge is 0.379 e. The molecular formula is C11H22N2O. The summed E-state index contributed by atoms with van der Waals surface area (Å²) < 4.78 is 5.43. The van der Waals surface area contributed by atoms with E-state index in [0.29, 0.717) is 12.1 Å². The van der Waals surface area contributed by atoms with E-state index in [2.05, 4.69) is 24.5 Å². The van der Waals surface area contributed by atoms with Crippen LogP contribution in [0.15, 0.2) is 0 Å². The van der Waals surface area contributed by atoms with Gasteiger partial charge in [0.2, 0.25) is 0 Å². The van der Waals surface area contributed by atoms with Crippen molar-refractivity contribution in [1.29, 1.82) is 0 Å². The molecule has 0 spiro atoms. The second-order valence-electron chi connectivity index (χ2n) is 4.85. The molecule has 4 atom stereocenters. The van der Waals surface area contributed by atoms with Crippen molar-refractivity contribution < 1.29 is 4.74 Å². The molecule has 3 heteroatoms. The van der Waals surface area contributed by atoms with Crippen molar-refractivity contribution in [3.05, 3.63) is 0 Å². The van der Waals surface area contributed by atoms with Gasteiger partial charge in [0, 0.05) is 24.7 Å². The van der Waals surface area contributed by atoms with Crippen LogP contribution < -0.4 is 10.6 Å². The summed E-state index contributed by atoms with van der Waals surface area (Å²) in [6, 6.07) is 1.96. The van der Waals surface area contributed by atoms with E-state index in [9.17, 15) is 0 Å². The first-order chi connectivity index (χ1) is 6.75. The minimum atomic E-state index is 0.556. The third-order valence-electron chi connectivity index (χ3n) is 3.24. The van der Waals surface area contributed by atoms with E-state index < -0.39 is 0 Å². The third-order valence-corrected chi connectivity index (χ3v) is 3.24. The molecule has 1 saturated heterocycles. The molecule has 1 aliphatic heterocycles. The lowest BCUT2D eigenvalue weighted by atomic mass is 10.1. The molecule has 2 aliphatic rings. The zero-order valence-corrected chi connectivity index (χ0v) is 9.25. The quantitative estimate of drug-likeness (QED) is 0.699. The molecule has 3 nitrogen and oxygen atoms in total. The Hall–Kier alpha value is -0.120. The van der Waals surface area contributed by atoms with E-state index in [1.807, 2.05) is 0 Å². The number of hydrogen-bond donors (Lipinski definition) is 2. The van der Waals surface area contributed by atoms with E-state index in [1.165, 1.54) is 12.8 Å². The van der Waals surface area contributed by atoms with Crippen LogP contribution in [0.5, 0.6) is 0 Å². The molecule has 14 heavy (non-hydrogen) atoms. The summed E-state index contributed by atoms with van der Waals surface area (Å²) in [4.78, 5) is 0. The molecule has 1 saturated carbocycles. The Labute approximate surface area is 86.6 Å². The van der Waals surface area contributed by atoms with Crippen LogP contribution in [0.3, 0.4) is 0 Å². The van der Waals surface area contributed by atoms with Crippen molar-refractivity contribution in [2.45, 2.75) is 44.8 Å². The molecule has 2 fully saturated rings. The number of morpholine rings is 1. The zero-order valence-electron chi connectivity index (χ0n) is 9.25. The molecule has 4 unspecified atom stereocenters. The van der Waals surface area contributed by atoms with Crippen LogP contribution in [-0.4, -0.2) is 37.9 Å². The normalized spacial score (nSPS) is 39.4. The number of rotatable bonds is 4. The Morgan fingerprint density at radius 1 is 1.57 bits per heavy atom. The van der Waals surface area contributed by atoms with Gasteiger partial charge in [0.25, 0.3) is 0 Å². The lowest BCUT2D eigenvalue weighted by Crippen LogP contribution is -2.45. The number of nitrogens with one attached hydrogen (secondary N) is 2. The highest BCUT2D eigenvalue weighted by Crippen LogP contribution is 2.29. The topological polar surface area (TPSA) is 33.3 Å². The van der Waals surface area contributed by atoms with Crippen LogP contribution >= 0.6 is 0 Å². The van der Waals surface area contributed by atoms with Gasteiger partial charge in [-0.15, -0.1) is 0 Å². The second kappa shape index (κ2) is 4.60. The molecule has 0 aromatic rings. The van der Waals surface area contributed by atoms with Gasteiger partial charge in [-0.25, -0.2) is 0 Å². The molecule has 0 bridgehead atoms. The first-order valence-corrected chi connectivity index (χ1v) is 5.83. The Morgan fingerprint density at radius 2 is 2.36 bits per heavy atom. The Balaban J connectivity index is 1.63. The van der Waals surface area contributed by atoms with E-state index in [0.717, 1.165) is 31.7 Å². The van der Waals surface area contributed by atoms with E-state index in [-0.39, 0.29) is 0 Å². The molecule has 82 valence electrons. The SMILES string of the molecule is CC(CC1COCCN1)NC1CC1C. The standard InChI is InChI=1S/C11H22N2O/c1-8-5-11(8)13-9(2)6-10-7-14-4-3-12-10/h8-13H,3-7H2,1-2H3. The van der Waals surface area contributed by atoms with Crippen LogP contribution in [0.2, 0.25) is 0 Å². The van der Waals surface area contributed by atoms with Crippen molar-refractivity contribution in [3.63, 3.8) is 0 Å². The molecule has 0 amide bonds. The predicted molar refractivity (Wildman–Crippen MR) is 57.4 cm³/mol. The third kappa shape index (κ3) is 2.94. The van der Waals surface area contributed by atoms with Gasteiger partial charge in [-0.05, 0) is 25.7 Å². The van der Waals surface area contributed by atoms with Gasteiger partial charge in [-0.2, -0.15) is 0 Å². The fraction of sp³-hybridized carbons (Fsp3) is 1.00. The summed E-state index contributed by atoms with van der Waals surface area (Å²) in [6.07, 6.45) is 2.54. The predicted octanol–water partition coefficient (Wildman–Crippen LogP) is 0.751. The molecule has 1 heterocycles. The van der Waals surface area contributed by atoms with Gasteiger partial charge in [0.05, 0.1) is 13.2 Å². The molecule has 2 N–H and O–H groups in total. The van der Waals surface area contributed by atoms with Crippen LogP contribution in [0.1, 0.15) is 26.7 Å². The van der Waals surface area contributed by atoms with Gasteiger partial charge in [-0.1, -0.05) is 6.92 Å². The first-order valence-electron chi connectivity index (χ1n) is 5.83. The Kier molecular flexibility index (Phi) is 3.42. The fourth-order valence-electron chi connectivity index (χ4n) is 2.19. The lowest BCUT2D eigenvalue weighted by Gasteiger charge is -2.26. The molecule has 0 aromatic heterocycles. The van der Waals surface area contributed by atoms with Gasteiger partial charge in [0.1, 0.15) is 0 Å². The maximum Gasteiger partial charge on any atom is 0.0620 e. The zero-order chi connectivity index (χ0) is 9.97. The van der Waals surface area contributed by atoms with E-state index in [1.54, 1.807) is 0 Å². The molecule has 2 rings (SSSR count). The monoisotopic (exact) mass is 198 g/mol. The van der Waals surface area contributed by atoms with Crippen molar-refractivity contribution in [2.75, 3.05) is 19.8 Å². The average Bonchev–Trinajstić information content (AvgIpc) is 2.83.